The van der Waals surface area contributed by atoms with E-state index in [1.54, 1.807) is 0 Å². The first kappa shape index (κ1) is 15.8. The number of rotatable bonds is 4. The van der Waals surface area contributed by atoms with Gasteiger partial charge >= 0.3 is 12.1 Å². The second-order valence-corrected chi connectivity index (χ2v) is 5.04. The minimum Gasteiger partial charge on any atom is -0.463 e. The molecule has 1 aliphatic rings. The molecule has 1 aromatic carbocycles. The second kappa shape index (κ2) is 6.93. The molecule has 1 heterocycles. The lowest BCUT2D eigenvalue weighted by molar-refractivity contribution is -0.148. The number of benzene rings is 1. The Morgan fingerprint density at radius 2 is 1.95 bits per heavy atom. The van der Waals surface area contributed by atoms with Crippen molar-refractivity contribution in [1.29, 1.82) is 0 Å². The Morgan fingerprint density at radius 1 is 1.24 bits per heavy atom. The fourth-order valence-corrected chi connectivity index (χ4v) is 2.15. The highest BCUT2D eigenvalue weighted by atomic mass is 19.4. The van der Waals surface area contributed by atoms with Crippen molar-refractivity contribution >= 4 is 5.97 Å². The van der Waals surface area contributed by atoms with Gasteiger partial charge < -0.3 is 9.47 Å². The third-order valence-electron chi connectivity index (χ3n) is 3.33. The van der Waals surface area contributed by atoms with Crippen molar-refractivity contribution in [3.63, 3.8) is 0 Å². The first-order valence-corrected chi connectivity index (χ1v) is 6.88. The van der Waals surface area contributed by atoms with Crippen LogP contribution in [0.25, 0.3) is 0 Å². The lowest BCUT2D eigenvalue weighted by Gasteiger charge is -2.22. The van der Waals surface area contributed by atoms with Crippen LogP contribution >= 0.6 is 0 Å². The summed E-state index contributed by atoms with van der Waals surface area (Å²) >= 11 is 0. The van der Waals surface area contributed by atoms with Crippen molar-refractivity contribution in [2.75, 3.05) is 13.2 Å². The predicted molar refractivity (Wildman–Crippen MR) is 69.7 cm³/mol. The molecule has 0 radical (unpaired) electrons. The molecule has 0 spiro atoms. The van der Waals surface area contributed by atoms with Gasteiger partial charge in [-0.15, -0.1) is 0 Å². The summed E-state index contributed by atoms with van der Waals surface area (Å²) in [6.07, 6.45) is -1.51. The van der Waals surface area contributed by atoms with Crippen LogP contribution in [0.1, 0.15) is 30.4 Å². The average Bonchev–Trinajstić information content (AvgIpc) is 2.46. The maximum Gasteiger partial charge on any atom is 0.416 e. The number of carbonyl (C=O) groups is 1. The zero-order valence-corrected chi connectivity index (χ0v) is 11.5. The van der Waals surface area contributed by atoms with Gasteiger partial charge in [0.1, 0.15) is 6.61 Å². The van der Waals surface area contributed by atoms with Crippen LogP contribution in [0, 0.1) is 0 Å². The largest absolute Gasteiger partial charge is 0.463 e. The molecule has 0 amide bonds. The molecule has 1 aliphatic heterocycles. The fraction of sp³-hybridized carbons (Fsp3) is 0.533. The molecule has 0 saturated carbocycles. The van der Waals surface area contributed by atoms with Crippen LogP contribution in [0.15, 0.2) is 24.3 Å². The van der Waals surface area contributed by atoms with Gasteiger partial charge in [0.15, 0.2) is 0 Å². The molecular formula is C15H17F3O3. The summed E-state index contributed by atoms with van der Waals surface area (Å²) in [5.41, 5.74) is -0.229. The van der Waals surface area contributed by atoms with Crippen LogP contribution in [-0.2, 0) is 26.9 Å². The molecular weight excluding hydrogens is 285 g/mol. The molecule has 0 bridgehead atoms. The van der Waals surface area contributed by atoms with Gasteiger partial charge in [-0.05, 0) is 37.0 Å². The Bertz CT molecular complexity index is 462. The third-order valence-corrected chi connectivity index (χ3v) is 3.33. The normalized spacial score (nSPS) is 19.3. The Hall–Kier alpha value is -1.56. The van der Waals surface area contributed by atoms with E-state index in [0.29, 0.717) is 12.2 Å². The number of hydrogen-bond acceptors (Lipinski definition) is 3. The summed E-state index contributed by atoms with van der Waals surface area (Å²) in [5.74, 6) is -0.455. The van der Waals surface area contributed by atoms with Crippen molar-refractivity contribution in [2.24, 2.45) is 0 Å². The van der Waals surface area contributed by atoms with Crippen molar-refractivity contribution in [1.82, 2.24) is 0 Å². The van der Waals surface area contributed by atoms with E-state index in [9.17, 15) is 18.0 Å². The molecule has 1 atom stereocenters. The van der Waals surface area contributed by atoms with Gasteiger partial charge in [0.25, 0.3) is 0 Å². The molecule has 1 aromatic rings. The fourth-order valence-electron chi connectivity index (χ4n) is 2.15. The molecule has 0 N–H and O–H groups in total. The zero-order valence-electron chi connectivity index (χ0n) is 11.5. The molecule has 116 valence electrons. The minimum absolute atomic E-state index is 0.0368. The Balaban J connectivity index is 1.79. The number of ether oxygens (including phenoxy) is 2. The summed E-state index contributed by atoms with van der Waals surface area (Å²) in [5, 5.41) is 0. The van der Waals surface area contributed by atoms with Gasteiger partial charge in [0.2, 0.25) is 0 Å². The number of halogens is 3. The molecule has 6 heteroatoms. The Morgan fingerprint density at radius 3 is 2.52 bits per heavy atom. The number of hydrogen-bond donors (Lipinski definition) is 0. The van der Waals surface area contributed by atoms with Gasteiger partial charge in [-0.1, -0.05) is 12.1 Å². The Kier molecular flexibility index (Phi) is 5.22. The van der Waals surface area contributed by atoms with Crippen LogP contribution in [0.3, 0.4) is 0 Å². The molecule has 1 unspecified atom stereocenters. The Labute approximate surface area is 121 Å². The lowest BCUT2D eigenvalue weighted by Crippen LogP contribution is -2.26. The monoisotopic (exact) mass is 302 g/mol. The van der Waals surface area contributed by atoms with Crippen molar-refractivity contribution in [3.05, 3.63) is 35.4 Å². The highest BCUT2D eigenvalue weighted by Crippen LogP contribution is 2.29. The van der Waals surface area contributed by atoms with E-state index in [0.717, 1.165) is 31.4 Å². The van der Waals surface area contributed by atoms with E-state index in [2.05, 4.69) is 0 Å². The summed E-state index contributed by atoms with van der Waals surface area (Å²) in [6, 6.07) is 4.52. The topological polar surface area (TPSA) is 35.5 Å². The van der Waals surface area contributed by atoms with Crippen LogP contribution in [0.2, 0.25) is 0 Å². The maximum absolute atomic E-state index is 12.4. The molecule has 3 nitrogen and oxygen atoms in total. The second-order valence-electron chi connectivity index (χ2n) is 5.04. The maximum atomic E-state index is 12.4. The molecule has 0 aliphatic carbocycles. The van der Waals surface area contributed by atoms with Crippen LogP contribution in [0.4, 0.5) is 13.2 Å². The van der Waals surface area contributed by atoms with E-state index in [1.165, 1.54) is 12.1 Å². The highest BCUT2D eigenvalue weighted by Gasteiger charge is 2.30. The molecule has 1 fully saturated rings. The van der Waals surface area contributed by atoms with Gasteiger partial charge in [-0.3, -0.25) is 4.79 Å². The van der Waals surface area contributed by atoms with E-state index in [4.69, 9.17) is 9.47 Å². The minimum atomic E-state index is -4.36. The van der Waals surface area contributed by atoms with Gasteiger partial charge in [-0.25, -0.2) is 0 Å². The summed E-state index contributed by atoms with van der Waals surface area (Å²) in [7, 11) is 0. The standard InChI is InChI=1S/C15H17F3O3/c16-15(17,18)12-6-4-11(5-7-12)9-14(19)21-10-13-3-1-2-8-20-13/h4-7,13H,1-3,8-10H2. The quantitative estimate of drug-likeness (QED) is 0.800. The van der Waals surface area contributed by atoms with Crippen LogP contribution in [0.5, 0.6) is 0 Å². The molecule has 0 aromatic heterocycles. The summed E-state index contributed by atoms with van der Waals surface area (Å²) < 4.78 is 47.7. The summed E-state index contributed by atoms with van der Waals surface area (Å²) in [4.78, 5) is 11.6. The number of carbonyl (C=O) groups excluding carboxylic acids is 1. The van der Waals surface area contributed by atoms with Gasteiger partial charge in [-0.2, -0.15) is 13.2 Å². The van der Waals surface area contributed by atoms with Crippen molar-refractivity contribution < 1.29 is 27.4 Å². The molecule has 2 rings (SSSR count). The van der Waals surface area contributed by atoms with Crippen molar-refractivity contribution in [2.45, 2.75) is 38.0 Å². The average molecular weight is 302 g/mol. The molecule has 21 heavy (non-hydrogen) atoms. The zero-order chi connectivity index (χ0) is 15.3. The third kappa shape index (κ3) is 5.04. The number of esters is 1. The summed E-state index contributed by atoms with van der Waals surface area (Å²) in [6.45, 7) is 0.889. The van der Waals surface area contributed by atoms with Crippen LogP contribution in [-0.4, -0.2) is 25.3 Å². The van der Waals surface area contributed by atoms with E-state index >= 15 is 0 Å². The molecule has 1 saturated heterocycles. The van der Waals surface area contributed by atoms with Gasteiger partial charge in [0.05, 0.1) is 18.1 Å². The van der Waals surface area contributed by atoms with Crippen LogP contribution < -0.4 is 0 Å². The first-order valence-electron chi connectivity index (χ1n) is 6.88. The van der Waals surface area contributed by atoms with Crippen molar-refractivity contribution in [3.8, 4) is 0 Å². The smallest absolute Gasteiger partial charge is 0.416 e. The SMILES string of the molecule is O=C(Cc1ccc(C(F)(F)F)cc1)OCC1CCCCO1. The lowest BCUT2D eigenvalue weighted by atomic mass is 10.1. The van der Waals surface area contributed by atoms with E-state index < -0.39 is 17.7 Å². The highest BCUT2D eigenvalue weighted by molar-refractivity contribution is 5.72. The van der Waals surface area contributed by atoms with E-state index in [-0.39, 0.29) is 19.1 Å². The van der Waals surface area contributed by atoms with Gasteiger partial charge in [0, 0.05) is 6.61 Å². The van der Waals surface area contributed by atoms with E-state index in [1.807, 2.05) is 0 Å². The first-order chi connectivity index (χ1) is 9.95. The predicted octanol–water partition coefficient (Wildman–Crippen LogP) is 3.36. The number of alkyl halides is 3.